The van der Waals surface area contributed by atoms with Gasteiger partial charge in [-0.15, -0.1) is 0 Å². The Kier molecular flexibility index (Phi) is 6.27. The monoisotopic (exact) mass is 408 g/mol. The van der Waals surface area contributed by atoms with Gasteiger partial charge in [-0.05, 0) is 29.5 Å². The number of hydrogen-bond acceptors (Lipinski definition) is 4. The number of rotatable bonds is 7. The first-order valence-corrected chi connectivity index (χ1v) is 11.3. The van der Waals surface area contributed by atoms with E-state index in [0.717, 1.165) is 18.4 Å². The molecule has 4 rings (SSSR count). The lowest BCUT2D eigenvalue weighted by Gasteiger charge is -2.39. The Morgan fingerprint density at radius 1 is 0.690 bits per heavy atom. The molecular formula is C24H25O4P. The van der Waals surface area contributed by atoms with E-state index in [2.05, 4.69) is 24.3 Å². The van der Waals surface area contributed by atoms with Crippen molar-refractivity contribution >= 4 is 7.82 Å². The Labute approximate surface area is 172 Å². The van der Waals surface area contributed by atoms with Crippen LogP contribution in [0.15, 0.2) is 91.0 Å². The van der Waals surface area contributed by atoms with E-state index >= 15 is 0 Å². The van der Waals surface area contributed by atoms with Crippen LogP contribution in [0.4, 0.5) is 0 Å². The van der Waals surface area contributed by atoms with E-state index in [1.54, 1.807) is 0 Å². The first-order valence-electron chi connectivity index (χ1n) is 9.80. The molecule has 1 saturated heterocycles. The maximum atomic E-state index is 12.9. The molecule has 0 atom stereocenters. The second kappa shape index (κ2) is 9.06. The summed E-state index contributed by atoms with van der Waals surface area (Å²) in [6.07, 6.45) is 1.56. The van der Waals surface area contributed by atoms with E-state index in [-0.39, 0.29) is 12.0 Å². The van der Waals surface area contributed by atoms with E-state index in [4.69, 9.17) is 13.6 Å². The first-order chi connectivity index (χ1) is 14.1. The molecule has 0 bridgehead atoms. The summed E-state index contributed by atoms with van der Waals surface area (Å²) in [5.74, 6) is 0. The molecule has 0 amide bonds. The molecule has 29 heavy (non-hydrogen) atoms. The van der Waals surface area contributed by atoms with Crippen molar-refractivity contribution in [3.63, 3.8) is 0 Å². The lowest BCUT2D eigenvalue weighted by atomic mass is 9.78. The molecule has 4 nitrogen and oxygen atoms in total. The molecule has 3 aromatic carbocycles. The average Bonchev–Trinajstić information content (AvgIpc) is 2.77. The van der Waals surface area contributed by atoms with Crippen molar-refractivity contribution in [1.29, 1.82) is 0 Å². The van der Waals surface area contributed by atoms with Gasteiger partial charge in [0.2, 0.25) is 0 Å². The second-order valence-corrected chi connectivity index (χ2v) is 9.25. The van der Waals surface area contributed by atoms with Crippen LogP contribution in [-0.2, 0) is 37.6 Å². The predicted molar refractivity (Wildman–Crippen MR) is 113 cm³/mol. The smallest absolute Gasteiger partial charge is 0.286 e. The van der Waals surface area contributed by atoms with Crippen molar-refractivity contribution in [2.45, 2.75) is 19.4 Å². The van der Waals surface area contributed by atoms with Crippen LogP contribution < -0.4 is 0 Å². The van der Waals surface area contributed by atoms with Gasteiger partial charge < -0.3 is 0 Å². The third-order valence-corrected chi connectivity index (χ3v) is 6.47. The average molecular weight is 408 g/mol. The van der Waals surface area contributed by atoms with E-state index in [9.17, 15) is 4.57 Å². The molecule has 3 aromatic rings. The molecule has 1 fully saturated rings. The molecule has 5 heteroatoms. The van der Waals surface area contributed by atoms with Gasteiger partial charge >= 0.3 is 7.82 Å². The molecule has 1 aliphatic rings. The van der Waals surface area contributed by atoms with Crippen LogP contribution in [0.25, 0.3) is 0 Å². The topological polar surface area (TPSA) is 44.8 Å². The lowest BCUT2D eigenvalue weighted by Crippen LogP contribution is -2.40. The molecular weight excluding hydrogens is 383 g/mol. The largest absolute Gasteiger partial charge is 0.475 e. The van der Waals surface area contributed by atoms with Crippen LogP contribution in [0.2, 0.25) is 0 Å². The standard InChI is InChI=1S/C24H25O4P/c25-29(26-18-23-14-8-3-9-15-23)27-19-24(20-28-29,16-21-10-4-1-5-11-21)17-22-12-6-2-7-13-22/h1-15H,16-20H2. The SMILES string of the molecule is O=P1(OCc2ccccc2)OCC(Cc2ccccc2)(Cc2ccccc2)CO1. The van der Waals surface area contributed by atoms with Crippen LogP contribution in [0.3, 0.4) is 0 Å². The summed E-state index contributed by atoms with van der Waals surface area (Å²) in [6, 6.07) is 30.2. The zero-order valence-corrected chi connectivity index (χ0v) is 17.2. The highest BCUT2D eigenvalue weighted by Crippen LogP contribution is 2.56. The minimum atomic E-state index is -3.57. The molecule has 0 spiro atoms. The minimum absolute atomic E-state index is 0.197. The maximum absolute atomic E-state index is 12.9. The third kappa shape index (κ3) is 5.43. The molecule has 1 heterocycles. The number of phosphoric ester groups is 1. The van der Waals surface area contributed by atoms with E-state index in [1.807, 2.05) is 66.7 Å². The number of hydrogen-bond donors (Lipinski definition) is 0. The quantitative estimate of drug-likeness (QED) is 0.462. The lowest BCUT2D eigenvalue weighted by molar-refractivity contribution is -0.0189. The van der Waals surface area contributed by atoms with Crippen LogP contribution in [0, 0.1) is 5.41 Å². The number of benzene rings is 3. The highest BCUT2D eigenvalue weighted by Gasteiger charge is 2.43. The van der Waals surface area contributed by atoms with Gasteiger partial charge in [0.05, 0.1) is 19.8 Å². The van der Waals surface area contributed by atoms with Gasteiger partial charge in [0.25, 0.3) is 0 Å². The van der Waals surface area contributed by atoms with Crippen LogP contribution >= 0.6 is 7.82 Å². The van der Waals surface area contributed by atoms with Gasteiger partial charge in [-0.3, -0.25) is 13.6 Å². The Morgan fingerprint density at radius 2 is 1.10 bits per heavy atom. The third-order valence-electron chi connectivity index (χ3n) is 5.13. The fraction of sp³-hybridized carbons (Fsp3) is 0.250. The zero-order valence-electron chi connectivity index (χ0n) is 16.3. The summed E-state index contributed by atoms with van der Waals surface area (Å²) in [5.41, 5.74) is 3.04. The first kappa shape index (κ1) is 20.1. The molecule has 150 valence electrons. The summed E-state index contributed by atoms with van der Waals surface area (Å²) in [6.45, 7) is 0.841. The molecule has 0 N–H and O–H groups in total. The fourth-order valence-electron chi connectivity index (χ4n) is 3.64. The zero-order chi connectivity index (χ0) is 20.0. The van der Waals surface area contributed by atoms with Gasteiger partial charge in [-0.2, -0.15) is 0 Å². The highest BCUT2D eigenvalue weighted by molar-refractivity contribution is 7.48. The molecule has 0 unspecified atom stereocenters. The second-order valence-electron chi connectivity index (χ2n) is 7.58. The molecule has 0 radical (unpaired) electrons. The van der Waals surface area contributed by atoms with Gasteiger partial charge in [0, 0.05) is 5.41 Å². The van der Waals surface area contributed by atoms with Gasteiger partial charge in [-0.25, -0.2) is 4.57 Å². The Balaban J connectivity index is 1.47. The van der Waals surface area contributed by atoms with Gasteiger partial charge in [0.15, 0.2) is 0 Å². The summed E-state index contributed by atoms with van der Waals surface area (Å²) in [7, 11) is -3.57. The molecule has 0 saturated carbocycles. The van der Waals surface area contributed by atoms with Crippen molar-refractivity contribution in [2.75, 3.05) is 13.2 Å². The van der Waals surface area contributed by atoms with Crippen molar-refractivity contribution in [3.05, 3.63) is 108 Å². The van der Waals surface area contributed by atoms with Crippen molar-refractivity contribution < 1.29 is 18.1 Å². The highest BCUT2D eigenvalue weighted by atomic mass is 31.2. The van der Waals surface area contributed by atoms with Crippen molar-refractivity contribution in [2.24, 2.45) is 5.41 Å². The van der Waals surface area contributed by atoms with Crippen molar-refractivity contribution in [3.8, 4) is 0 Å². The maximum Gasteiger partial charge on any atom is 0.475 e. The summed E-state index contributed by atoms with van der Waals surface area (Å²) in [5, 5.41) is 0. The minimum Gasteiger partial charge on any atom is -0.286 e. The van der Waals surface area contributed by atoms with Crippen LogP contribution in [0.1, 0.15) is 16.7 Å². The predicted octanol–water partition coefficient (Wildman–Crippen LogP) is 5.83. The normalized spacial score (nSPS) is 17.7. The Bertz CT molecular complexity index is 889. The van der Waals surface area contributed by atoms with Crippen LogP contribution in [0.5, 0.6) is 0 Å². The fourth-order valence-corrected chi connectivity index (χ4v) is 5.03. The van der Waals surface area contributed by atoms with E-state index < -0.39 is 7.82 Å². The Morgan fingerprint density at radius 3 is 1.55 bits per heavy atom. The Hall–Kier alpha value is -2.23. The van der Waals surface area contributed by atoms with Crippen molar-refractivity contribution in [1.82, 2.24) is 0 Å². The molecule has 0 aliphatic carbocycles. The molecule has 0 aromatic heterocycles. The van der Waals surface area contributed by atoms with Gasteiger partial charge in [0.1, 0.15) is 0 Å². The summed E-state index contributed by atoms with van der Waals surface area (Å²) >= 11 is 0. The summed E-state index contributed by atoms with van der Waals surface area (Å²) < 4.78 is 30.0. The van der Waals surface area contributed by atoms with Gasteiger partial charge in [-0.1, -0.05) is 91.0 Å². The number of phosphoric acid groups is 1. The van der Waals surface area contributed by atoms with E-state index in [0.29, 0.717) is 13.2 Å². The molecule has 1 aliphatic heterocycles. The summed E-state index contributed by atoms with van der Waals surface area (Å²) in [4.78, 5) is 0. The van der Waals surface area contributed by atoms with E-state index in [1.165, 1.54) is 11.1 Å². The van der Waals surface area contributed by atoms with Crippen LogP contribution in [-0.4, -0.2) is 13.2 Å².